The second kappa shape index (κ2) is 7.69. The summed E-state index contributed by atoms with van der Waals surface area (Å²) in [4.78, 5) is 0. The molecule has 3 N–H and O–H groups in total. The maximum atomic E-state index is 10.8. The van der Waals surface area contributed by atoms with E-state index in [4.69, 9.17) is 0 Å². The van der Waals surface area contributed by atoms with E-state index in [-0.39, 0.29) is 30.1 Å². The number of aliphatic hydroxyl groups is 3. The molecule has 0 aliphatic heterocycles. The predicted octanol–water partition coefficient (Wildman–Crippen LogP) is 6.19. The minimum Gasteiger partial charge on any atom is -0.396 e. The van der Waals surface area contributed by atoms with E-state index in [1.807, 2.05) is 6.92 Å². The Kier molecular flexibility index (Phi) is 5.72. The average molecular weight is 461 g/mol. The minimum atomic E-state index is -0.376. The highest BCUT2D eigenvalue weighted by Crippen LogP contribution is 2.89. The van der Waals surface area contributed by atoms with Crippen LogP contribution in [0.1, 0.15) is 112 Å². The SMILES string of the molecule is C[C@H](CC[C@H](O)[C@@H](C)CO)[C@H]1CC[C@@]2(C)[C@@H]3CC[C@H]4C(C)(C)[C@@H](O)CC[C@@]45C[C@@]35CC[C@]12C. The molecule has 0 aromatic carbocycles. The Balaban J connectivity index is 1.36. The van der Waals surface area contributed by atoms with E-state index in [1.165, 1.54) is 51.4 Å². The third-order valence-corrected chi connectivity index (χ3v) is 13.7. The predicted molar refractivity (Wildman–Crippen MR) is 134 cm³/mol. The maximum Gasteiger partial charge on any atom is 0.0594 e. The molecule has 5 aliphatic carbocycles. The molecule has 0 heterocycles. The highest BCUT2D eigenvalue weighted by Gasteiger charge is 2.82. The van der Waals surface area contributed by atoms with Crippen LogP contribution in [0, 0.1) is 56.7 Å². The lowest BCUT2D eigenvalue weighted by molar-refractivity contribution is -0.161. The number of hydrogen-bond acceptors (Lipinski definition) is 3. The Labute approximate surface area is 203 Å². The fourth-order valence-corrected chi connectivity index (χ4v) is 11.3. The van der Waals surface area contributed by atoms with Gasteiger partial charge in [-0.25, -0.2) is 0 Å². The summed E-state index contributed by atoms with van der Waals surface area (Å²) in [7, 11) is 0. The van der Waals surface area contributed by atoms with Gasteiger partial charge in [0.05, 0.1) is 12.2 Å². The van der Waals surface area contributed by atoms with Crippen LogP contribution >= 0.6 is 0 Å². The van der Waals surface area contributed by atoms with Crippen molar-refractivity contribution in [3.8, 4) is 0 Å². The summed E-state index contributed by atoms with van der Waals surface area (Å²) in [5.41, 5.74) is 2.02. The summed E-state index contributed by atoms with van der Waals surface area (Å²) < 4.78 is 0. The zero-order chi connectivity index (χ0) is 24.0. The molecule has 2 spiro atoms. The van der Waals surface area contributed by atoms with Gasteiger partial charge in [-0.1, -0.05) is 41.5 Å². The van der Waals surface area contributed by atoms with Crippen LogP contribution in [-0.2, 0) is 0 Å². The first-order valence-corrected chi connectivity index (χ1v) is 14.4. The van der Waals surface area contributed by atoms with Gasteiger partial charge >= 0.3 is 0 Å². The zero-order valence-corrected chi connectivity index (χ0v) is 22.4. The van der Waals surface area contributed by atoms with Gasteiger partial charge in [-0.15, -0.1) is 0 Å². The van der Waals surface area contributed by atoms with Gasteiger partial charge in [0.15, 0.2) is 0 Å². The van der Waals surface area contributed by atoms with Crippen LogP contribution in [0.5, 0.6) is 0 Å². The summed E-state index contributed by atoms with van der Waals surface area (Å²) in [6.45, 7) is 14.5. The van der Waals surface area contributed by atoms with Gasteiger partial charge in [0.25, 0.3) is 0 Å². The molecule has 0 bridgehead atoms. The molecular weight excluding hydrogens is 408 g/mol. The van der Waals surface area contributed by atoms with E-state index >= 15 is 0 Å². The lowest BCUT2D eigenvalue weighted by atomic mass is 9.41. The maximum absolute atomic E-state index is 10.8. The monoisotopic (exact) mass is 460 g/mol. The molecule has 11 atom stereocenters. The second-order valence-corrected chi connectivity index (χ2v) is 14.8. The summed E-state index contributed by atoms with van der Waals surface area (Å²) in [5, 5.41) is 30.7. The normalized spacial score (nSPS) is 52.6. The Hall–Kier alpha value is -0.120. The standard InChI is InChI=1S/C30H52O3/c1-19(7-8-22(32)20(2)17-31)21-11-13-28(6)24-10-9-23-26(3,4)25(33)12-14-29(23)18-30(24,29)16-15-27(21,28)5/h19-25,31-33H,7-18H2,1-6H3/t19-,20+,21-,22+,23+,24+,25+,27-,28+,29-,30+/m1/s1. The molecule has 5 rings (SSSR count). The molecule has 5 fully saturated rings. The molecule has 5 aliphatic rings. The van der Waals surface area contributed by atoms with Gasteiger partial charge in [0.1, 0.15) is 0 Å². The van der Waals surface area contributed by atoms with Crippen molar-refractivity contribution in [2.24, 2.45) is 56.7 Å². The molecule has 0 aromatic rings. The Morgan fingerprint density at radius 3 is 2.15 bits per heavy atom. The smallest absolute Gasteiger partial charge is 0.0594 e. The van der Waals surface area contributed by atoms with E-state index in [9.17, 15) is 15.3 Å². The highest BCUT2D eigenvalue weighted by atomic mass is 16.3. The molecular formula is C30H52O3. The highest BCUT2D eigenvalue weighted by molar-refractivity contribution is 5.30. The van der Waals surface area contributed by atoms with Crippen molar-refractivity contribution in [2.45, 2.75) is 124 Å². The van der Waals surface area contributed by atoms with E-state index < -0.39 is 0 Å². The number of rotatable bonds is 6. The van der Waals surface area contributed by atoms with Gasteiger partial charge in [-0.05, 0) is 121 Å². The van der Waals surface area contributed by atoms with Crippen LogP contribution in [0.2, 0.25) is 0 Å². The average Bonchev–Trinajstić information content (AvgIpc) is 3.36. The Bertz CT molecular complexity index is 764. The molecule has 3 nitrogen and oxygen atoms in total. The summed E-state index contributed by atoms with van der Waals surface area (Å²) in [6.07, 6.45) is 13.4. The van der Waals surface area contributed by atoms with Crippen molar-refractivity contribution in [2.75, 3.05) is 6.61 Å². The van der Waals surface area contributed by atoms with Crippen molar-refractivity contribution < 1.29 is 15.3 Å². The van der Waals surface area contributed by atoms with Gasteiger partial charge in [-0.2, -0.15) is 0 Å². The Morgan fingerprint density at radius 1 is 0.788 bits per heavy atom. The lowest BCUT2D eigenvalue weighted by Gasteiger charge is -2.63. The molecule has 0 amide bonds. The first-order chi connectivity index (χ1) is 15.4. The van der Waals surface area contributed by atoms with E-state index in [1.54, 1.807) is 0 Å². The van der Waals surface area contributed by atoms with Crippen LogP contribution < -0.4 is 0 Å². The van der Waals surface area contributed by atoms with Crippen LogP contribution in [0.3, 0.4) is 0 Å². The van der Waals surface area contributed by atoms with Crippen molar-refractivity contribution in [3.63, 3.8) is 0 Å². The van der Waals surface area contributed by atoms with Crippen LogP contribution in [0.4, 0.5) is 0 Å². The summed E-state index contributed by atoms with van der Waals surface area (Å²) in [6, 6.07) is 0. The molecule has 3 heteroatoms. The quantitative estimate of drug-likeness (QED) is 0.443. The fourth-order valence-electron chi connectivity index (χ4n) is 11.3. The lowest BCUT2D eigenvalue weighted by Crippen LogP contribution is -2.57. The number of fused-ring (bicyclic) bond motifs is 2. The molecule has 0 aromatic heterocycles. The third kappa shape index (κ3) is 3.03. The van der Waals surface area contributed by atoms with Crippen LogP contribution in [0.25, 0.3) is 0 Å². The molecule has 5 saturated carbocycles. The first-order valence-electron chi connectivity index (χ1n) is 14.4. The summed E-state index contributed by atoms with van der Waals surface area (Å²) in [5.74, 6) is 2.95. The van der Waals surface area contributed by atoms with Crippen molar-refractivity contribution in [3.05, 3.63) is 0 Å². The van der Waals surface area contributed by atoms with Crippen molar-refractivity contribution in [1.82, 2.24) is 0 Å². The Morgan fingerprint density at radius 2 is 1.45 bits per heavy atom. The number of aliphatic hydroxyl groups excluding tert-OH is 3. The number of hydrogen-bond donors (Lipinski definition) is 3. The molecule has 0 unspecified atom stereocenters. The van der Waals surface area contributed by atoms with Crippen molar-refractivity contribution >= 4 is 0 Å². The van der Waals surface area contributed by atoms with Gasteiger partial charge in [0.2, 0.25) is 0 Å². The van der Waals surface area contributed by atoms with E-state index in [2.05, 4.69) is 34.6 Å². The van der Waals surface area contributed by atoms with Gasteiger partial charge < -0.3 is 15.3 Å². The van der Waals surface area contributed by atoms with Gasteiger partial charge in [0, 0.05) is 12.5 Å². The van der Waals surface area contributed by atoms with Gasteiger partial charge in [-0.3, -0.25) is 0 Å². The fraction of sp³-hybridized carbons (Fsp3) is 1.00. The third-order valence-electron chi connectivity index (χ3n) is 13.7. The van der Waals surface area contributed by atoms with E-state index in [0.717, 1.165) is 31.1 Å². The minimum absolute atomic E-state index is 0.0179. The zero-order valence-electron chi connectivity index (χ0n) is 22.4. The molecule has 0 saturated heterocycles. The largest absolute Gasteiger partial charge is 0.396 e. The van der Waals surface area contributed by atoms with E-state index in [0.29, 0.717) is 33.5 Å². The summed E-state index contributed by atoms with van der Waals surface area (Å²) >= 11 is 0. The first kappa shape index (κ1) is 24.6. The van der Waals surface area contributed by atoms with Crippen LogP contribution in [-0.4, -0.2) is 34.1 Å². The topological polar surface area (TPSA) is 60.7 Å². The molecule has 33 heavy (non-hydrogen) atoms. The molecule has 190 valence electrons. The van der Waals surface area contributed by atoms with Crippen molar-refractivity contribution in [1.29, 1.82) is 0 Å². The van der Waals surface area contributed by atoms with Crippen LogP contribution in [0.15, 0.2) is 0 Å². The second-order valence-electron chi connectivity index (χ2n) is 14.8. The molecule has 0 radical (unpaired) electrons.